The maximum Gasteiger partial charge on any atom is 0.469 e. The topological polar surface area (TPSA) is 133 Å². The molecular formula is C11H14FN4O5P. The molecule has 120 valence electrons. The smallest absolute Gasteiger partial charge is 0.383 e. The summed E-state index contributed by atoms with van der Waals surface area (Å²) in [5, 5.41) is 0.126. The highest BCUT2D eigenvalue weighted by Gasteiger charge is 2.30. The fourth-order valence-electron chi connectivity index (χ4n) is 2.48. The van der Waals surface area contributed by atoms with Crippen molar-refractivity contribution in [1.29, 1.82) is 0 Å². The quantitative estimate of drug-likeness (QED) is 0.705. The first-order chi connectivity index (χ1) is 10.3. The molecule has 3 heterocycles. The van der Waals surface area contributed by atoms with Crippen LogP contribution in [-0.2, 0) is 13.8 Å². The molecule has 4 N–H and O–H groups in total. The number of rotatable bonds is 4. The van der Waals surface area contributed by atoms with Crippen molar-refractivity contribution in [1.82, 2.24) is 14.5 Å². The van der Waals surface area contributed by atoms with Crippen LogP contribution >= 0.6 is 7.82 Å². The molecule has 1 aliphatic rings. The lowest BCUT2D eigenvalue weighted by Crippen LogP contribution is -2.16. The number of phosphoric ester groups is 1. The minimum absolute atomic E-state index is 0.0422. The lowest BCUT2D eigenvalue weighted by atomic mass is 10.2. The van der Waals surface area contributed by atoms with E-state index in [9.17, 15) is 8.96 Å². The minimum atomic E-state index is -4.54. The largest absolute Gasteiger partial charge is 0.469 e. The van der Waals surface area contributed by atoms with Crippen LogP contribution < -0.4 is 5.73 Å². The summed E-state index contributed by atoms with van der Waals surface area (Å²) in [6.45, 7) is -0.237. The first-order valence-corrected chi connectivity index (χ1v) is 8.00. The van der Waals surface area contributed by atoms with Crippen molar-refractivity contribution in [2.45, 2.75) is 25.2 Å². The predicted molar refractivity (Wildman–Crippen MR) is 73.0 cm³/mol. The van der Waals surface area contributed by atoms with Crippen molar-refractivity contribution in [3.8, 4) is 0 Å². The number of phosphoric acid groups is 1. The number of nitrogens with zero attached hydrogens (tertiary/aromatic N) is 3. The van der Waals surface area contributed by atoms with E-state index < -0.39 is 26.0 Å². The molecule has 0 saturated carbocycles. The van der Waals surface area contributed by atoms with Gasteiger partial charge in [-0.05, 0) is 12.8 Å². The summed E-state index contributed by atoms with van der Waals surface area (Å²) in [7, 11) is -4.54. The van der Waals surface area contributed by atoms with Gasteiger partial charge >= 0.3 is 7.82 Å². The summed E-state index contributed by atoms with van der Waals surface area (Å²) < 4.78 is 36.2. The SMILES string of the molecule is Nc1ncnc2c1c(F)cn2[C@H]1CCC(COP(=O)(O)O)O1. The molecule has 0 aromatic carbocycles. The van der Waals surface area contributed by atoms with Gasteiger partial charge in [-0.15, -0.1) is 0 Å². The molecule has 1 fully saturated rings. The maximum absolute atomic E-state index is 14.0. The zero-order valence-electron chi connectivity index (χ0n) is 11.3. The van der Waals surface area contributed by atoms with E-state index >= 15 is 0 Å². The zero-order valence-corrected chi connectivity index (χ0v) is 12.2. The van der Waals surface area contributed by atoms with E-state index in [1.54, 1.807) is 0 Å². The molecule has 11 heteroatoms. The Kier molecular flexibility index (Phi) is 3.87. The monoisotopic (exact) mass is 332 g/mol. The van der Waals surface area contributed by atoms with Crippen LogP contribution in [0.3, 0.4) is 0 Å². The standard InChI is InChI=1S/C11H14FN4O5P/c12-7-3-16(11-9(7)10(13)14-5-15-11)8-2-1-6(21-8)4-20-22(17,18)19/h3,5-6,8H,1-2,4H2,(H2,13,14,15)(H2,17,18,19)/t6?,8-/m1/s1. The number of nitrogen functional groups attached to an aromatic ring is 1. The third-order valence-corrected chi connectivity index (χ3v) is 3.90. The average molecular weight is 332 g/mol. The molecule has 0 bridgehead atoms. The highest BCUT2D eigenvalue weighted by atomic mass is 31.2. The van der Waals surface area contributed by atoms with E-state index in [2.05, 4.69) is 14.5 Å². The summed E-state index contributed by atoms with van der Waals surface area (Å²) in [5.41, 5.74) is 5.95. The lowest BCUT2D eigenvalue weighted by molar-refractivity contribution is -0.0204. The Morgan fingerprint density at radius 2 is 2.27 bits per heavy atom. The Hall–Kier alpha value is -1.58. The zero-order chi connectivity index (χ0) is 15.9. The molecule has 3 rings (SSSR count). The first-order valence-electron chi connectivity index (χ1n) is 6.47. The van der Waals surface area contributed by atoms with E-state index in [0.29, 0.717) is 18.5 Å². The van der Waals surface area contributed by atoms with Crippen LogP contribution in [0.15, 0.2) is 12.5 Å². The van der Waals surface area contributed by atoms with E-state index in [0.717, 1.165) is 0 Å². The van der Waals surface area contributed by atoms with Gasteiger partial charge in [-0.3, -0.25) is 4.52 Å². The second-order valence-corrected chi connectivity index (χ2v) is 6.16. The molecule has 0 amide bonds. The number of ether oxygens (including phenoxy) is 1. The summed E-state index contributed by atoms with van der Waals surface area (Å²) in [5.74, 6) is -0.507. The molecule has 22 heavy (non-hydrogen) atoms. The van der Waals surface area contributed by atoms with Gasteiger partial charge in [0.1, 0.15) is 18.4 Å². The van der Waals surface area contributed by atoms with Gasteiger partial charge in [0, 0.05) is 6.20 Å². The average Bonchev–Trinajstić information content (AvgIpc) is 3.01. The first kappa shape index (κ1) is 15.3. The summed E-state index contributed by atoms with van der Waals surface area (Å²) in [4.78, 5) is 25.1. The van der Waals surface area contributed by atoms with Crippen LogP contribution in [-0.4, -0.2) is 37.0 Å². The summed E-state index contributed by atoms with van der Waals surface area (Å²) in [6.07, 6.45) is 2.52. The fraction of sp³-hybridized carbons (Fsp3) is 0.455. The summed E-state index contributed by atoms with van der Waals surface area (Å²) in [6, 6.07) is 0. The van der Waals surface area contributed by atoms with Crippen LogP contribution in [0.2, 0.25) is 0 Å². The number of hydrogen-bond acceptors (Lipinski definition) is 6. The molecule has 2 atom stereocenters. The van der Waals surface area contributed by atoms with Crippen LogP contribution in [0.5, 0.6) is 0 Å². The number of nitrogens with two attached hydrogens (primary N) is 1. The predicted octanol–water partition coefficient (Wildman–Crippen LogP) is 0.940. The van der Waals surface area contributed by atoms with Gasteiger partial charge < -0.3 is 24.8 Å². The van der Waals surface area contributed by atoms with Crippen molar-refractivity contribution in [3.05, 3.63) is 18.3 Å². The normalized spacial score (nSPS) is 22.5. The third kappa shape index (κ3) is 2.96. The van der Waals surface area contributed by atoms with Crippen molar-refractivity contribution in [2.24, 2.45) is 0 Å². The van der Waals surface area contributed by atoms with Crippen LogP contribution in [0.25, 0.3) is 11.0 Å². The van der Waals surface area contributed by atoms with E-state index in [4.69, 9.17) is 20.3 Å². The number of halogens is 1. The fourth-order valence-corrected chi connectivity index (χ4v) is 2.84. The van der Waals surface area contributed by atoms with E-state index in [-0.39, 0.29) is 17.8 Å². The van der Waals surface area contributed by atoms with Gasteiger partial charge in [-0.2, -0.15) is 0 Å². The Morgan fingerprint density at radius 3 is 3.00 bits per heavy atom. The number of fused-ring (bicyclic) bond motifs is 1. The highest BCUT2D eigenvalue weighted by molar-refractivity contribution is 7.46. The Balaban J connectivity index is 1.79. The Labute approximate surface area is 124 Å². The van der Waals surface area contributed by atoms with Gasteiger partial charge in [-0.1, -0.05) is 0 Å². The van der Waals surface area contributed by atoms with Crippen LogP contribution in [0, 0.1) is 5.82 Å². The van der Waals surface area contributed by atoms with Crippen molar-refractivity contribution < 1.29 is 28.0 Å². The van der Waals surface area contributed by atoms with E-state index in [1.165, 1.54) is 17.1 Å². The van der Waals surface area contributed by atoms with Crippen LogP contribution in [0.1, 0.15) is 19.1 Å². The van der Waals surface area contributed by atoms with Crippen LogP contribution in [0.4, 0.5) is 10.2 Å². The Bertz CT molecular complexity index is 747. The molecule has 9 nitrogen and oxygen atoms in total. The number of aromatic nitrogens is 3. The second kappa shape index (κ2) is 5.56. The van der Waals surface area contributed by atoms with Gasteiger partial charge in [0.05, 0.1) is 18.1 Å². The molecule has 0 aliphatic carbocycles. The highest BCUT2D eigenvalue weighted by Crippen LogP contribution is 2.39. The lowest BCUT2D eigenvalue weighted by Gasteiger charge is -2.16. The van der Waals surface area contributed by atoms with Gasteiger partial charge in [0.15, 0.2) is 11.5 Å². The molecular weight excluding hydrogens is 318 g/mol. The van der Waals surface area contributed by atoms with Gasteiger partial charge in [0.25, 0.3) is 0 Å². The van der Waals surface area contributed by atoms with Crippen molar-refractivity contribution in [2.75, 3.05) is 12.3 Å². The number of anilines is 1. The molecule has 1 saturated heterocycles. The number of hydrogen-bond donors (Lipinski definition) is 3. The second-order valence-electron chi connectivity index (χ2n) is 4.92. The molecule has 1 aliphatic heterocycles. The van der Waals surface area contributed by atoms with Gasteiger partial charge in [-0.25, -0.2) is 18.9 Å². The Morgan fingerprint density at radius 1 is 1.50 bits per heavy atom. The third-order valence-electron chi connectivity index (χ3n) is 3.42. The molecule has 0 spiro atoms. The summed E-state index contributed by atoms with van der Waals surface area (Å²) >= 11 is 0. The molecule has 1 unspecified atom stereocenters. The maximum atomic E-state index is 14.0. The van der Waals surface area contributed by atoms with Crippen molar-refractivity contribution >= 4 is 24.7 Å². The van der Waals surface area contributed by atoms with Gasteiger partial charge in [0.2, 0.25) is 0 Å². The molecule has 2 aromatic rings. The molecule has 2 aromatic heterocycles. The van der Waals surface area contributed by atoms with E-state index in [1.807, 2.05) is 0 Å². The van der Waals surface area contributed by atoms with Crippen molar-refractivity contribution in [3.63, 3.8) is 0 Å². The minimum Gasteiger partial charge on any atom is -0.383 e. The molecule has 0 radical (unpaired) electrons.